The van der Waals surface area contributed by atoms with Crippen molar-refractivity contribution in [2.45, 2.75) is 25.8 Å². The lowest BCUT2D eigenvalue weighted by Crippen LogP contribution is -2.17. The van der Waals surface area contributed by atoms with Gasteiger partial charge in [-0.2, -0.15) is 0 Å². The predicted octanol–water partition coefficient (Wildman–Crippen LogP) is 2.66. The van der Waals surface area contributed by atoms with Gasteiger partial charge in [-0.25, -0.2) is 0 Å². The summed E-state index contributed by atoms with van der Waals surface area (Å²) in [7, 11) is 1.68. The van der Waals surface area contributed by atoms with E-state index in [-0.39, 0.29) is 6.04 Å². The van der Waals surface area contributed by atoms with Crippen molar-refractivity contribution >= 4 is 11.6 Å². The van der Waals surface area contributed by atoms with Crippen LogP contribution in [0.2, 0.25) is 5.02 Å². The summed E-state index contributed by atoms with van der Waals surface area (Å²) in [6, 6.07) is 5.90. The molecule has 2 N–H and O–H groups in total. The van der Waals surface area contributed by atoms with Crippen molar-refractivity contribution in [3.63, 3.8) is 0 Å². The van der Waals surface area contributed by atoms with Crippen LogP contribution in [0.4, 0.5) is 0 Å². The molecule has 0 heterocycles. The SMILES string of the molecule is COCCCOCCOc1ccc(CC(C)N)cc1Cl. The molecular formula is C15H24ClNO3. The van der Waals surface area contributed by atoms with Crippen LogP contribution in [0.5, 0.6) is 5.75 Å². The number of ether oxygens (including phenoxy) is 3. The van der Waals surface area contributed by atoms with E-state index in [0.717, 1.165) is 18.4 Å². The molecule has 0 bridgehead atoms. The molecule has 5 heteroatoms. The Kier molecular flexibility index (Phi) is 8.62. The number of halogens is 1. The van der Waals surface area contributed by atoms with Gasteiger partial charge in [-0.15, -0.1) is 0 Å². The van der Waals surface area contributed by atoms with Crippen LogP contribution in [0.15, 0.2) is 18.2 Å². The molecule has 0 radical (unpaired) electrons. The van der Waals surface area contributed by atoms with E-state index in [1.54, 1.807) is 7.11 Å². The summed E-state index contributed by atoms with van der Waals surface area (Å²) in [6.45, 7) is 4.40. The highest BCUT2D eigenvalue weighted by Gasteiger charge is 2.05. The van der Waals surface area contributed by atoms with Gasteiger partial charge in [0, 0.05) is 26.4 Å². The molecule has 1 rings (SSSR count). The van der Waals surface area contributed by atoms with Gasteiger partial charge in [-0.3, -0.25) is 0 Å². The van der Waals surface area contributed by atoms with E-state index in [1.165, 1.54) is 0 Å². The molecule has 114 valence electrons. The highest BCUT2D eigenvalue weighted by atomic mass is 35.5. The smallest absolute Gasteiger partial charge is 0.138 e. The molecule has 0 aliphatic rings. The van der Waals surface area contributed by atoms with Crippen LogP contribution in [0, 0.1) is 0 Å². The van der Waals surface area contributed by atoms with Crippen LogP contribution in [-0.4, -0.2) is 39.6 Å². The number of nitrogens with two attached hydrogens (primary N) is 1. The van der Waals surface area contributed by atoms with Crippen molar-refractivity contribution in [2.75, 3.05) is 33.5 Å². The van der Waals surface area contributed by atoms with Crippen LogP contribution < -0.4 is 10.5 Å². The summed E-state index contributed by atoms with van der Waals surface area (Å²) in [5.41, 5.74) is 6.88. The maximum absolute atomic E-state index is 6.17. The fourth-order valence-corrected chi connectivity index (χ4v) is 2.04. The van der Waals surface area contributed by atoms with Gasteiger partial charge in [-0.05, 0) is 37.5 Å². The number of hydrogen-bond donors (Lipinski definition) is 1. The second-order valence-electron chi connectivity index (χ2n) is 4.75. The van der Waals surface area contributed by atoms with Crippen LogP contribution in [0.3, 0.4) is 0 Å². The molecule has 0 aliphatic carbocycles. The predicted molar refractivity (Wildman–Crippen MR) is 81.6 cm³/mol. The zero-order chi connectivity index (χ0) is 14.8. The standard InChI is InChI=1S/C15H24ClNO3/c1-12(17)10-13-4-5-15(14(16)11-13)20-9-8-19-7-3-6-18-2/h4-5,11-12H,3,6-10,17H2,1-2H3. The third kappa shape index (κ3) is 7.10. The Morgan fingerprint density at radius 3 is 2.65 bits per heavy atom. The van der Waals surface area contributed by atoms with Crippen molar-refractivity contribution in [3.05, 3.63) is 28.8 Å². The number of methoxy groups -OCH3 is 1. The Labute approximate surface area is 126 Å². The zero-order valence-corrected chi connectivity index (χ0v) is 13.0. The van der Waals surface area contributed by atoms with Gasteiger partial charge in [0.15, 0.2) is 0 Å². The topological polar surface area (TPSA) is 53.7 Å². The first-order valence-corrected chi connectivity index (χ1v) is 7.24. The molecule has 0 spiro atoms. The number of hydrogen-bond acceptors (Lipinski definition) is 4. The van der Waals surface area contributed by atoms with E-state index >= 15 is 0 Å². The third-order valence-electron chi connectivity index (χ3n) is 2.68. The fraction of sp³-hybridized carbons (Fsp3) is 0.600. The average Bonchev–Trinajstić information content (AvgIpc) is 2.39. The Morgan fingerprint density at radius 1 is 1.20 bits per heavy atom. The molecule has 0 fully saturated rings. The maximum atomic E-state index is 6.17. The first-order valence-electron chi connectivity index (χ1n) is 6.87. The minimum Gasteiger partial charge on any atom is -0.490 e. The lowest BCUT2D eigenvalue weighted by Gasteiger charge is -2.11. The molecule has 0 saturated carbocycles. The summed E-state index contributed by atoms with van der Waals surface area (Å²) in [5, 5.41) is 0.613. The molecule has 4 nitrogen and oxygen atoms in total. The average molecular weight is 302 g/mol. The van der Waals surface area contributed by atoms with Crippen LogP contribution in [0.25, 0.3) is 0 Å². The lowest BCUT2D eigenvalue weighted by molar-refractivity contribution is 0.0807. The summed E-state index contributed by atoms with van der Waals surface area (Å²) in [4.78, 5) is 0. The number of benzene rings is 1. The van der Waals surface area contributed by atoms with Crippen LogP contribution in [0.1, 0.15) is 18.9 Å². The Morgan fingerprint density at radius 2 is 2.00 bits per heavy atom. The zero-order valence-electron chi connectivity index (χ0n) is 12.2. The second-order valence-corrected chi connectivity index (χ2v) is 5.16. The van der Waals surface area contributed by atoms with Gasteiger partial charge in [0.1, 0.15) is 12.4 Å². The molecule has 1 atom stereocenters. The maximum Gasteiger partial charge on any atom is 0.138 e. The van der Waals surface area contributed by atoms with Gasteiger partial charge in [-0.1, -0.05) is 17.7 Å². The van der Waals surface area contributed by atoms with E-state index < -0.39 is 0 Å². The van der Waals surface area contributed by atoms with E-state index in [0.29, 0.717) is 37.2 Å². The van der Waals surface area contributed by atoms with Crippen molar-refractivity contribution < 1.29 is 14.2 Å². The third-order valence-corrected chi connectivity index (χ3v) is 2.97. The molecule has 0 aromatic heterocycles. The minimum atomic E-state index is 0.123. The van der Waals surface area contributed by atoms with E-state index in [4.69, 9.17) is 31.5 Å². The molecule has 0 saturated heterocycles. The Bertz CT molecular complexity index is 385. The molecule has 20 heavy (non-hydrogen) atoms. The monoisotopic (exact) mass is 301 g/mol. The molecule has 1 unspecified atom stereocenters. The normalized spacial score (nSPS) is 12.4. The summed E-state index contributed by atoms with van der Waals surface area (Å²) in [5.74, 6) is 0.681. The first kappa shape index (κ1) is 17.2. The molecule has 0 amide bonds. The Balaban J connectivity index is 2.26. The highest BCUT2D eigenvalue weighted by Crippen LogP contribution is 2.25. The Hall–Kier alpha value is -0.810. The van der Waals surface area contributed by atoms with Crippen molar-refractivity contribution in [2.24, 2.45) is 5.73 Å². The lowest BCUT2D eigenvalue weighted by atomic mass is 10.1. The van der Waals surface area contributed by atoms with E-state index in [1.807, 2.05) is 25.1 Å². The van der Waals surface area contributed by atoms with Crippen molar-refractivity contribution in [1.82, 2.24) is 0 Å². The molecule has 1 aromatic rings. The molecule has 1 aromatic carbocycles. The summed E-state index contributed by atoms with van der Waals surface area (Å²) in [6.07, 6.45) is 1.70. The second kappa shape index (κ2) is 10.00. The van der Waals surface area contributed by atoms with Gasteiger partial charge >= 0.3 is 0 Å². The van der Waals surface area contributed by atoms with Gasteiger partial charge in [0.05, 0.1) is 11.6 Å². The molecular weight excluding hydrogens is 278 g/mol. The number of rotatable bonds is 10. The van der Waals surface area contributed by atoms with Gasteiger partial charge in [0.2, 0.25) is 0 Å². The fourth-order valence-electron chi connectivity index (χ4n) is 1.78. The van der Waals surface area contributed by atoms with Crippen LogP contribution in [-0.2, 0) is 15.9 Å². The van der Waals surface area contributed by atoms with Crippen molar-refractivity contribution in [3.8, 4) is 5.75 Å². The minimum absolute atomic E-state index is 0.123. The first-order chi connectivity index (χ1) is 9.63. The highest BCUT2D eigenvalue weighted by molar-refractivity contribution is 6.32. The van der Waals surface area contributed by atoms with Crippen LogP contribution >= 0.6 is 11.6 Å². The largest absolute Gasteiger partial charge is 0.490 e. The van der Waals surface area contributed by atoms with Gasteiger partial charge in [0.25, 0.3) is 0 Å². The van der Waals surface area contributed by atoms with E-state index in [2.05, 4.69) is 0 Å². The summed E-state index contributed by atoms with van der Waals surface area (Å²) < 4.78 is 15.9. The van der Waals surface area contributed by atoms with Gasteiger partial charge < -0.3 is 19.9 Å². The summed E-state index contributed by atoms with van der Waals surface area (Å²) >= 11 is 6.17. The molecule has 0 aliphatic heterocycles. The van der Waals surface area contributed by atoms with Crippen molar-refractivity contribution in [1.29, 1.82) is 0 Å². The quantitative estimate of drug-likeness (QED) is 0.675. The van der Waals surface area contributed by atoms with E-state index in [9.17, 15) is 0 Å².